The Morgan fingerprint density at radius 1 is 1.64 bits per heavy atom. The van der Waals surface area contributed by atoms with Gasteiger partial charge in [0.25, 0.3) is 0 Å². The van der Waals surface area contributed by atoms with Crippen LogP contribution in [0.15, 0.2) is 0 Å². The van der Waals surface area contributed by atoms with E-state index in [-0.39, 0.29) is 12.5 Å². The summed E-state index contributed by atoms with van der Waals surface area (Å²) in [7, 11) is 1.60. The van der Waals surface area contributed by atoms with Gasteiger partial charge < -0.3 is 15.2 Å². The normalized spacial score (nSPS) is 12.5. The maximum Gasteiger partial charge on any atom is 0.230 e. The Hall–Kier alpha value is -0.260. The lowest BCUT2D eigenvalue weighted by molar-refractivity contribution is -0.118. The fourth-order valence-electron chi connectivity index (χ4n) is 0.827. The number of aliphatic hydroxyl groups is 1. The number of methoxy groups -OCH3 is 1. The van der Waals surface area contributed by atoms with Crippen LogP contribution in [-0.4, -0.2) is 48.9 Å². The summed E-state index contributed by atoms with van der Waals surface area (Å²) >= 11 is 1.55. The Kier molecular flexibility index (Phi) is 9.13. The molecular formula is C9H19NO3S. The first-order chi connectivity index (χ1) is 6.70. The summed E-state index contributed by atoms with van der Waals surface area (Å²) in [6, 6.07) is 0. The van der Waals surface area contributed by atoms with Crippen molar-refractivity contribution in [3.63, 3.8) is 0 Å². The molecule has 0 aromatic heterocycles. The molecule has 0 fully saturated rings. The van der Waals surface area contributed by atoms with Crippen molar-refractivity contribution in [3.8, 4) is 0 Å². The molecular weight excluding hydrogens is 202 g/mol. The van der Waals surface area contributed by atoms with Gasteiger partial charge in [0, 0.05) is 25.5 Å². The molecule has 84 valence electrons. The van der Waals surface area contributed by atoms with Gasteiger partial charge in [-0.2, -0.15) is 0 Å². The Labute approximate surface area is 89.4 Å². The predicted octanol–water partition coefficient (Wildman–Crippen LogP) is 0.253. The molecule has 0 aromatic rings. The first-order valence-electron chi connectivity index (χ1n) is 4.68. The second-order valence-electron chi connectivity index (χ2n) is 2.98. The molecule has 0 aromatic carbocycles. The lowest BCUT2D eigenvalue weighted by Gasteiger charge is -2.09. The van der Waals surface area contributed by atoms with Gasteiger partial charge in [0.15, 0.2) is 0 Å². The van der Waals surface area contributed by atoms with E-state index in [9.17, 15) is 4.79 Å². The SMILES string of the molecule is COCCNC(=O)CSC(C)CCO. The van der Waals surface area contributed by atoms with E-state index in [0.717, 1.165) is 6.42 Å². The monoisotopic (exact) mass is 221 g/mol. The van der Waals surface area contributed by atoms with Crippen LogP contribution >= 0.6 is 11.8 Å². The van der Waals surface area contributed by atoms with Crippen LogP contribution in [0.4, 0.5) is 0 Å². The number of thioether (sulfide) groups is 1. The molecule has 14 heavy (non-hydrogen) atoms. The number of hydrogen-bond donors (Lipinski definition) is 2. The lowest BCUT2D eigenvalue weighted by Crippen LogP contribution is -2.29. The van der Waals surface area contributed by atoms with E-state index in [1.807, 2.05) is 6.92 Å². The highest BCUT2D eigenvalue weighted by molar-refractivity contribution is 8.00. The van der Waals surface area contributed by atoms with Gasteiger partial charge in [-0.05, 0) is 6.42 Å². The van der Waals surface area contributed by atoms with Crippen LogP contribution in [-0.2, 0) is 9.53 Å². The maximum atomic E-state index is 11.2. The molecule has 0 aliphatic carbocycles. The molecule has 0 radical (unpaired) electrons. The number of hydrogen-bond acceptors (Lipinski definition) is 4. The van der Waals surface area contributed by atoms with E-state index in [1.54, 1.807) is 18.9 Å². The van der Waals surface area contributed by atoms with E-state index >= 15 is 0 Å². The van der Waals surface area contributed by atoms with Crippen molar-refractivity contribution < 1.29 is 14.6 Å². The second kappa shape index (κ2) is 9.30. The highest BCUT2D eigenvalue weighted by Gasteiger charge is 2.05. The molecule has 0 aliphatic rings. The van der Waals surface area contributed by atoms with Crippen molar-refractivity contribution in [1.29, 1.82) is 0 Å². The smallest absolute Gasteiger partial charge is 0.230 e. The van der Waals surface area contributed by atoms with Crippen LogP contribution in [0.25, 0.3) is 0 Å². The first kappa shape index (κ1) is 13.7. The molecule has 0 heterocycles. The standard InChI is InChI=1S/C9H19NO3S/c1-8(3-5-11)14-7-9(12)10-4-6-13-2/h8,11H,3-7H2,1-2H3,(H,10,12). The second-order valence-corrected chi connectivity index (χ2v) is 4.40. The van der Waals surface area contributed by atoms with Crippen molar-refractivity contribution in [2.24, 2.45) is 0 Å². The quantitative estimate of drug-likeness (QED) is 0.577. The number of amides is 1. The van der Waals surface area contributed by atoms with Crippen molar-refractivity contribution in [2.75, 3.05) is 32.6 Å². The lowest BCUT2D eigenvalue weighted by atomic mass is 10.3. The number of carbonyl (C=O) groups is 1. The first-order valence-corrected chi connectivity index (χ1v) is 5.73. The van der Waals surface area contributed by atoms with Crippen LogP contribution in [0.5, 0.6) is 0 Å². The van der Waals surface area contributed by atoms with Crippen LogP contribution in [0, 0.1) is 0 Å². The Bertz CT molecular complexity index is 155. The average Bonchev–Trinajstić information content (AvgIpc) is 2.16. The Morgan fingerprint density at radius 2 is 2.36 bits per heavy atom. The molecule has 1 atom stereocenters. The predicted molar refractivity (Wildman–Crippen MR) is 58.5 cm³/mol. The van der Waals surface area contributed by atoms with Gasteiger partial charge in [-0.3, -0.25) is 4.79 Å². The third-order valence-corrected chi connectivity index (χ3v) is 2.90. The van der Waals surface area contributed by atoms with Gasteiger partial charge in [0.1, 0.15) is 0 Å². The van der Waals surface area contributed by atoms with Gasteiger partial charge in [-0.1, -0.05) is 6.92 Å². The van der Waals surface area contributed by atoms with E-state index in [2.05, 4.69) is 5.32 Å². The van der Waals surface area contributed by atoms with Crippen molar-refractivity contribution in [2.45, 2.75) is 18.6 Å². The zero-order chi connectivity index (χ0) is 10.8. The summed E-state index contributed by atoms with van der Waals surface area (Å²) in [5.41, 5.74) is 0. The fraction of sp³-hybridized carbons (Fsp3) is 0.889. The zero-order valence-electron chi connectivity index (χ0n) is 8.78. The minimum absolute atomic E-state index is 0.0249. The van der Waals surface area contributed by atoms with Gasteiger partial charge in [-0.25, -0.2) is 0 Å². The molecule has 0 saturated heterocycles. The van der Waals surface area contributed by atoms with Gasteiger partial charge in [0.05, 0.1) is 12.4 Å². The third kappa shape index (κ3) is 8.34. The van der Waals surface area contributed by atoms with Crippen molar-refractivity contribution in [3.05, 3.63) is 0 Å². The summed E-state index contributed by atoms with van der Waals surface area (Å²) in [6.07, 6.45) is 0.732. The zero-order valence-corrected chi connectivity index (χ0v) is 9.60. The van der Waals surface area contributed by atoms with E-state index in [1.165, 1.54) is 0 Å². The molecule has 2 N–H and O–H groups in total. The van der Waals surface area contributed by atoms with Crippen LogP contribution in [0.3, 0.4) is 0 Å². The molecule has 0 aliphatic heterocycles. The molecule has 4 nitrogen and oxygen atoms in total. The van der Waals surface area contributed by atoms with E-state index < -0.39 is 0 Å². The summed E-state index contributed by atoms with van der Waals surface area (Å²) < 4.78 is 4.80. The number of carbonyl (C=O) groups excluding carboxylic acids is 1. The summed E-state index contributed by atoms with van der Waals surface area (Å²) in [5, 5.41) is 11.7. The maximum absolute atomic E-state index is 11.2. The highest BCUT2D eigenvalue weighted by Crippen LogP contribution is 2.12. The van der Waals surface area contributed by atoms with Gasteiger partial charge in [-0.15, -0.1) is 11.8 Å². The molecule has 1 unspecified atom stereocenters. The van der Waals surface area contributed by atoms with Crippen LogP contribution in [0.2, 0.25) is 0 Å². The van der Waals surface area contributed by atoms with E-state index in [4.69, 9.17) is 9.84 Å². The molecule has 0 rings (SSSR count). The average molecular weight is 221 g/mol. The van der Waals surface area contributed by atoms with E-state index in [0.29, 0.717) is 24.2 Å². The molecule has 0 spiro atoms. The Balaban J connectivity index is 3.34. The largest absolute Gasteiger partial charge is 0.396 e. The van der Waals surface area contributed by atoms with Crippen LogP contribution < -0.4 is 5.32 Å². The molecule has 1 amide bonds. The third-order valence-electron chi connectivity index (χ3n) is 1.66. The summed E-state index contributed by atoms with van der Waals surface area (Å²) in [4.78, 5) is 11.2. The minimum atomic E-state index is 0.0249. The molecule has 0 saturated carbocycles. The number of rotatable bonds is 8. The fourth-order valence-corrected chi connectivity index (χ4v) is 1.64. The summed E-state index contributed by atoms with van der Waals surface area (Å²) in [5.74, 6) is 0.474. The van der Waals surface area contributed by atoms with Gasteiger partial charge >= 0.3 is 0 Å². The number of ether oxygens (including phenoxy) is 1. The topological polar surface area (TPSA) is 58.6 Å². The number of nitrogens with one attached hydrogen (secondary N) is 1. The number of aliphatic hydroxyl groups excluding tert-OH is 1. The molecule has 5 heteroatoms. The minimum Gasteiger partial charge on any atom is -0.396 e. The van der Waals surface area contributed by atoms with Crippen molar-refractivity contribution in [1.82, 2.24) is 5.32 Å². The van der Waals surface area contributed by atoms with Gasteiger partial charge in [0.2, 0.25) is 5.91 Å². The Morgan fingerprint density at radius 3 is 2.93 bits per heavy atom. The van der Waals surface area contributed by atoms with Crippen molar-refractivity contribution >= 4 is 17.7 Å². The highest BCUT2D eigenvalue weighted by atomic mass is 32.2. The van der Waals surface area contributed by atoms with Crippen LogP contribution in [0.1, 0.15) is 13.3 Å². The molecule has 0 bridgehead atoms. The summed E-state index contributed by atoms with van der Waals surface area (Å²) in [6.45, 7) is 3.29.